The van der Waals surface area contributed by atoms with Gasteiger partial charge in [0.2, 0.25) is 0 Å². The second-order valence-electron chi connectivity index (χ2n) is 20.9. The van der Waals surface area contributed by atoms with E-state index in [1.54, 1.807) is 0 Å². The maximum Gasteiger partial charge on any atom is 0.306 e. The van der Waals surface area contributed by atoms with Gasteiger partial charge in [-0.1, -0.05) is 285 Å². The molecular weight excluding hydrogens is 925 g/mol. The van der Waals surface area contributed by atoms with Crippen LogP contribution in [0.15, 0.2) is 97.2 Å². The minimum atomic E-state index is -0.778. The van der Waals surface area contributed by atoms with Gasteiger partial charge in [0.25, 0.3) is 0 Å². The van der Waals surface area contributed by atoms with E-state index >= 15 is 0 Å². The Morgan fingerprint density at radius 2 is 0.520 bits per heavy atom. The molecule has 0 amide bonds. The Kier molecular flexibility index (Phi) is 59.8. The van der Waals surface area contributed by atoms with Gasteiger partial charge < -0.3 is 14.2 Å². The summed E-state index contributed by atoms with van der Waals surface area (Å²) < 4.78 is 16.8. The van der Waals surface area contributed by atoms with E-state index in [0.29, 0.717) is 19.3 Å². The van der Waals surface area contributed by atoms with E-state index in [9.17, 15) is 14.4 Å². The lowest BCUT2D eigenvalue weighted by atomic mass is 10.0. The van der Waals surface area contributed by atoms with E-state index in [0.717, 1.165) is 116 Å². The summed E-state index contributed by atoms with van der Waals surface area (Å²) in [5.41, 5.74) is 0. The van der Waals surface area contributed by atoms with Gasteiger partial charge in [-0.05, 0) is 96.3 Å². The molecule has 6 heteroatoms. The SMILES string of the molecule is CC/C=C\C/C=C\C/C=C\C/C=C\C/C=C\CCCCCCCCCCCCCCCCCCCC(=O)OCC(COC(=O)CCCCCCCCC)OC(=O)CCCCCCCCC/C=C\C/C=C\C/C=C\CC. The van der Waals surface area contributed by atoms with Crippen LogP contribution in [-0.4, -0.2) is 37.2 Å². The molecule has 6 nitrogen and oxygen atoms in total. The molecule has 0 radical (unpaired) electrons. The van der Waals surface area contributed by atoms with Crippen LogP contribution in [-0.2, 0) is 28.6 Å². The van der Waals surface area contributed by atoms with Gasteiger partial charge in [-0.15, -0.1) is 0 Å². The zero-order chi connectivity index (χ0) is 54.3. The lowest BCUT2D eigenvalue weighted by molar-refractivity contribution is -0.167. The first-order chi connectivity index (χ1) is 37.0. The van der Waals surface area contributed by atoms with Gasteiger partial charge >= 0.3 is 17.9 Å². The number of carbonyl (C=O) groups excluding carboxylic acids is 3. The Morgan fingerprint density at radius 3 is 0.813 bits per heavy atom. The summed E-state index contributed by atoms with van der Waals surface area (Å²) >= 11 is 0. The van der Waals surface area contributed by atoms with E-state index in [1.165, 1.54) is 148 Å². The van der Waals surface area contributed by atoms with Gasteiger partial charge in [-0.3, -0.25) is 14.4 Å². The van der Waals surface area contributed by atoms with Crippen molar-refractivity contribution in [2.45, 2.75) is 309 Å². The monoisotopic (exact) mass is 1040 g/mol. The largest absolute Gasteiger partial charge is 0.462 e. The number of esters is 3. The molecule has 0 heterocycles. The first kappa shape index (κ1) is 71.3. The number of hydrogen-bond acceptors (Lipinski definition) is 6. The highest BCUT2D eigenvalue weighted by molar-refractivity contribution is 5.71. The van der Waals surface area contributed by atoms with Crippen molar-refractivity contribution in [1.29, 1.82) is 0 Å². The second-order valence-corrected chi connectivity index (χ2v) is 20.9. The van der Waals surface area contributed by atoms with Crippen LogP contribution in [0.3, 0.4) is 0 Å². The molecule has 1 unspecified atom stereocenters. The van der Waals surface area contributed by atoms with Crippen LogP contribution in [0.4, 0.5) is 0 Å². The summed E-state index contributed by atoms with van der Waals surface area (Å²) in [5.74, 6) is -0.886. The molecule has 430 valence electrons. The summed E-state index contributed by atoms with van der Waals surface area (Å²) in [6, 6.07) is 0. The number of unbranched alkanes of at least 4 members (excludes halogenated alkanes) is 30. The Balaban J connectivity index is 4.03. The topological polar surface area (TPSA) is 78.9 Å². The standard InChI is InChI=1S/C69H118O6/c1-4-7-10-13-16-18-20-22-24-26-27-28-29-30-31-32-33-34-35-36-37-38-39-40-41-43-44-46-48-50-53-56-59-62-68(71)74-65-66(64-73-67(70)61-58-55-52-15-12-9-6-3)75-69(72)63-60-57-54-51-49-47-45-42-25-23-21-19-17-14-11-8-5-2/h7-8,10-11,16-19,22-25,27-28,30-31,66H,4-6,9,12-15,20-21,26,29,32-65H2,1-3H3/b10-7-,11-8-,18-16-,19-17-,24-22-,25-23-,28-27-,31-30-. The molecule has 0 aliphatic heterocycles. The normalized spacial score (nSPS) is 12.7. The molecule has 0 fully saturated rings. The Labute approximate surface area is 464 Å². The van der Waals surface area contributed by atoms with Crippen LogP contribution in [0.5, 0.6) is 0 Å². The molecule has 1 atom stereocenters. The molecule has 0 N–H and O–H groups in total. The number of carbonyl (C=O) groups is 3. The average molecular weight is 1040 g/mol. The van der Waals surface area contributed by atoms with E-state index in [1.807, 2.05) is 0 Å². The summed E-state index contributed by atoms with van der Waals surface area (Å²) in [6.45, 7) is 6.38. The maximum absolute atomic E-state index is 12.8. The van der Waals surface area contributed by atoms with E-state index < -0.39 is 6.10 Å². The van der Waals surface area contributed by atoms with E-state index in [2.05, 4.69) is 118 Å². The van der Waals surface area contributed by atoms with Crippen molar-refractivity contribution >= 4 is 17.9 Å². The van der Waals surface area contributed by atoms with Crippen LogP contribution in [0.25, 0.3) is 0 Å². The molecule has 0 bridgehead atoms. The molecule has 0 aliphatic rings. The smallest absolute Gasteiger partial charge is 0.306 e. The lowest BCUT2D eigenvalue weighted by Gasteiger charge is -2.18. The summed E-state index contributed by atoms with van der Waals surface area (Å²) in [5, 5.41) is 0. The molecule has 0 aromatic heterocycles. The molecule has 0 aromatic carbocycles. The van der Waals surface area contributed by atoms with E-state index in [-0.39, 0.29) is 31.1 Å². The molecule has 0 aromatic rings. The number of hydrogen-bond donors (Lipinski definition) is 0. The fourth-order valence-electron chi connectivity index (χ4n) is 8.90. The van der Waals surface area contributed by atoms with Crippen molar-refractivity contribution in [2.24, 2.45) is 0 Å². The summed E-state index contributed by atoms with van der Waals surface area (Å²) in [4.78, 5) is 38.0. The Bertz CT molecular complexity index is 1480. The zero-order valence-corrected chi connectivity index (χ0v) is 49.3. The maximum atomic E-state index is 12.8. The van der Waals surface area contributed by atoms with Crippen molar-refractivity contribution in [2.75, 3.05) is 13.2 Å². The molecule has 0 rings (SSSR count). The van der Waals surface area contributed by atoms with Crippen molar-refractivity contribution in [3.8, 4) is 0 Å². The van der Waals surface area contributed by atoms with Crippen molar-refractivity contribution in [3.63, 3.8) is 0 Å². The van der Waals surface area contributed by atoms with Gasteiger partial charge in [0.05, 0.1) is 0 Å². The van der Waals surface area contributed by atoms with Crippen LogP contribution in [0.2, 0.25) is 0 Å². The van der Waals surface area contributed by atoms with Gasteiger partial charge in [0.15, 0.2) is 6.10 Å². The van der Waals surface area contributed by atoms with Crippen LogP contribution < -0.4 is 0 Å². The fourth-order valence-corrected chi connectivity index (χ4v) is 8.90. The quantitative estimate of drug-likeness (QED) is 0.0261. The van der Waals surface area contributed by atoms with Crippen molar-refractivity contribution in [1.82, 2.24) is 0 Å². The highest BCUT2D eigenvalue weighted by Gasteiger charge is 2.19. The van der Waals surface area contributed by atoms with Crippen molar-refractivity contribution in [3.05, 3.63) is 97.2 Å². The van der Waals surface area contributed by atoms with Crippen LogP contribution in [0.1, 0.15) is 303 Å². The van der Waals surface area contributed by atoms with Gasteiger partial charge in [-0.25, -0.2) is 0 Å². The number of rotatable bonds is 57. The average Bonchev–Trinajstić information content (AvgIpc) is 3.41. The summed E-state index contributed by atoms with van der Waals surface area (Å²) in [6.07, 6.45) is 84.5. The summed E-state index contributed by atoms with van der Waals surface area (Å²) in [7, 11) is 0. The Hall–Kier alpha value is -3.67. The first-order valence-electron chi connectivity index (χ1n) is 31.7. The lowest BCUT2D eigenvalue weighted by Crippen LogP contribution is -2.30. The molecule has 0 aliphatic carbocycles. The third-order valence-corrected chi connectivity index (χ3v) is 13.6. The fraction of sp³-hybridized carbons (Fsp3) is 0.725. The predicted octanol–water partition coefficient (Wildman–Crippen LogP) is 21.7. The number of ether oxygens (including phenoxy) is 3. The second kappa shape index (κ2) is 62.9. The third-order valence-electron chi connectivity index (χ3n) is 13.6. The van der Waals surface area contributed by atoms with Gasteiger partial charge in [-0.2, -0.15) is 0 Å². The Morgan fingerprint density at radius 1 is 0.280 bits per heavy atom. The van der Waals surface area contributed by atoms with Crippen LogP contribution in [0, 0.1) is 0 Å². The minimum absolute atomic E-state index is 0.0781. The zero-order valence-electron chi connectivity index (χ0n) is 49.3. The molecule has 0 saturated carbocycles. The predicted molar refractivity (Wildman–Crippen MR) is 325 cm³/mol. The van der Waals surface area contributed by atoms with Gasteiger partial charge in [0.1, 0.15) is 13.2 Å². The molecule has 75 heavy (non-hydrogen) atoms. The molecule has 0 spiro atoms. The molecule has 0 saturated heterocycles. The third kappa shape index (κ3) is 61.1. The van der Waals surface area contributed by atoms with Gasteiger partial charge in [0, 0.05) is 19.3 Å². The highest BCUT2D eigenvalue weighted by Crippen LogP contribution is 2.17. The van der Waals surface area contributed by atoms with E-state index in [4.69, 9.17) is 14.2 Å². The van der Waals surface area contributed by atoms with Crippen LogP contribution >= 0.6 is 0 Å². The minimum Gasteiger partial charge on any atom is -0.462 e. The highest BCUT2D eigenvalue weighted by atomic mass is 16.6. The van der Waals surface area contributed by atoms with Crippen molar-refractivity contribution < 1.29 is 28.6 Å². The molecular formula is C69H118O6. The first-order valence-corrected chi connectivity index (χ1v) is 31.7. The number of allylic oxidation sites excluding steroid dienone is 16.